The Hall–Kier alpha value is -1.80. The van der Waals surface area contributed by atoms with Gasteiger partial charge in [0.1, 0.15) is 5.75 Å². The number of likely N-dealkylation sites (tertiary alicyclic amines) is 1. The van der Waals surface area contributed by atoms with E-state index in [0.29, 0.717) is 11.5 Å². The van der Waals surface area contributed by atoms with Crippen LogP contribution in [0, 0.1) is 5.92 Å². The summed E-state index contributed by atoms with van der Waals surface area (Å²) in [6, 6.07) is 20.5. The van der Waals surface area contributed by atoms with E-state index in [0.717, 1.165) is 18.2 Å². The van der Waals surface area contributed by atoms with E-state index in [2.05, 4.69) is 66.4 Å². The zero-order chi connectivity index (χ0) is 17.3. The van der Waals surface area contributed by atoms with E-state index < -0.39 is 0 Å². The smallest absolute Gasteiger partial charge is 0.119 e. The molecular weight excluding hydrogens is 306 g/mol. The number of hydrogen-bond acceptors (Lipinski definition) is 2. The van der Waals surface area contributed by atoms with Gasteiger partial charge in [0, 0.05) is 12.6 Å². The lowest BCUT2D eigenvalue weighted by atomic mass is 9.61. The molecule has 2 bridgehead atoms. The number of hydrogen-bond donors (Lipinski definition) is 0. The maximum atomic E-state index is 5.49. The first kappa shape index (κ1) is 16.7. The largest absolute Gasteiger partial charge is 0.497 e. The summed E-state index contributed by atoms with van der Waals surface area (Å²) >= 11 is 0. The minimum absolute atomic E-state index is 0.346. The van der Waals surface area contributed by atoms with Crippen molar-refractivity contribution >= 4 is 0 Å². The molecule has 25 heavy (non-hydrogen) atoms. The quantitative estimate of drug-likeness (QED) is 0.777. The van der Waals surface area contributed by atoms with Crippen LogP contribution in [0.15, 0.2) is 54.6 Å². The molecule has 2 heteroatoms. The minimum atomic E-state index is 0.346. The van der Waals surface area contributed by atoms with Crippen LogP contribution in [0.1, 0.15) is 43.7 Å². The van der Waals surface area contributed by atoms with Gasteiger partial charge in [0.2, 0.25) is 0 Å². The molecule has 2 nitrogen and oxygen atoms in total. The summed E-state index contributed by atoms with van der Waals surface area (Å²) in [4.78, 5) is 2.73. The molecule has 0 spiro atoms. The van der Waals surface area contributed by atoms with Gasteiger partial charge >= 0.3 is 0 Å². The van der Waals surface area contributed by atoms with Crippen LogP contribution < -0.4 is 4.74 Å². The first-order valence-electron chi connectivity index (χ1n) is 9.63. The summed E-state index contributed by atoms with van der Waals surface area (Å²) in [7, 11) is 1.77. The van der Waals surface area contributed by atoms with Gasteiger partial charge in [-0.1, -0.05) is 49.4 Å². The van der Waals surface area contributed by atoms with E-state index in [1.165, 1.54) is 43.4 Å². The summed E-state index contributed by atoms with van der Waals surface area (Å²) in [5.41, 5.74) is 3.27. The average molecular weight is 335 g/mol. The lowest BCUT2D eigenvalue weighted by molar-refractivity contribution is 0.0123. The highest BCUT2D eigenvalue weighted by molar-refractivity contribution is 5.35. The second kappa shape index (κ2) is 6.84. The van der Waals surface area contributed by atoms with E-state index in [1.807, 2.05) is 0 Å². The molecule has 0 amide bonds. The van der Waals surface area contributed by atoms with Gasteiger partial charge in [-0.25, -0.2) is 0 Å². The molecular formula is C23H29NO. The van der Waals surface area contributed by atoms with Crippen LogP contribution in [0.4, 0.5) is 0 Å². The highest BCUT2D eigenvalue weighted by Crippen LogP contribution is 2.49. The second-order valence-corrected chi connectivity index (χ2v) is 8.01. The van der Waals surface area contributed by atoms with Crippen LogP contribution in [-0.4, -0.2) is 24.6 Å². The van der Waals surface area contributed by atoms with Crippen molar-refractivity contribution in [2.75, 3.05) is 13.7 Å². The highest BCUT2D eigenvalue weighted by Gasteiger charge is 2.46. The van der Waals surface area contributed by atoms with Gasteiger partial charge in [-0.15, -0.1) is 0 Å². The predicted molar refractivity (Wildman–Crippen MR) is 103 cm³/mol. The van der Waals surface area contributed by atoms with Crippen LogP contribution in [0.5, 0.6) is 5.75 Å². The van der Waals surface area contributed by atoms with Crippen LogP contribution in [0.3, 0.4) is 0 Å². The third kappa shape index (κ3) is 3.20. The minimum Gasteiger partial charge on any atom is -0.497 e. The third-order valence-corrected chi connectivity index (χ3v) is 6.59. The summed E-state index contributed by atoms with van der Waals surface area (Å²) in [6.45, 7) is 4.73. The Balaban J connectivity index is 1.58. The van der Waals surface area contributed by atoms with E-state index in [1.54, 1.807) is 7.11 Å². The molecule has 4 rings (SSSR count). The molecule has 0 aromatic heterocycles. The first-order chi connectivity index (χ1) is 12.2. The van der Waals surface area contributed by atoms with Gasteiger partial charge in [0.25, 0.3) is 0 Å². The maximum absolute atomic E-state index is 5.49. The van der Waals surface area contributed by atoms with Gasteiger partial charge in [-0.05, 0) is 66.8 Å². The Morgan fingerprint density at radius 3 is 2.72 bits per heavy atom. The molecule has 2 fully saturated rings. The van der Waals surface area contributed by atoms with Gasteiger partial charge in [0.05, 0.1) is 7.11 Å². The Labute approximate surface area is 151 Å². The van der Waals surface area contributed by atoms with Crippen LogP contribution in [0.25, 0.3) is 0 Å². The standard InChI is InChI=1S/C23H29NO/c1-18-11-12-23(20-9-6-10-21(15-20)25-2)13-14-24(22(18)16-23)17-19-7-4-3-5-8-19/h3-10,15,18,22H,11-14,16-17H2,1-2H3/t18-,22+,23+/m1/s1. The SMILES string of the molecule is COc1cccc([C@]23CC[C@@H](C)[C@H](C2)N(Cc2ccccc2)CC3)c1. The molecule has 1 aliphatic heterocycles. The number of ether oxygens (including phenoxy) is 1. The Kier molecular flexibility index (Phi) is 4.56. The van der Waals surface area contributed by atoms with Crippen molar-refractivity contribution in [1.29, 1.82) is 0 Å². The Morgan fingerprint density at radius 1 is 1.08 bits per heavy atom. The lowest BCUT2D eigenvalue weighted by Gasteiger charge is -2.53. The van der Waals surface area contributed by atoms with E-state index in [4.69, 9.17) is 4.74 Å². The molecule has 0 radical (unpaired) electrons. The molecule has 0 N–H and O–H groups in total. The summed E-state index contributed by atoms with van der Waals surface area (Å²) in [5.74, 6) is 1.77. The van der Waals surface area contributed by atoms with E-state index >= 15 is 0 Å². The van der Waals surface area contributed by atoms with Crippen LogP contribution in [0.2, 0.25) is 0 Å². The van der Waals surface area contributed by atoms with Crippen molar-refractivity contribution in [3.63, 3.8) is 0 Å². The fourth-order valence-corrected chi connectivity index (χ4v) is 5.01. The first-order valence-corrected chi connectivity index (χ1v) is 9.63. The molecule has 2 aliphatic rings. The number of nitrogens with zero attached hydrogens (tertiary/aromatic N) is 1. The summed E-state index contributed by atoms with van der Waals surface area (Å²) in [6.07, 6.45) is 5.19. The fraction of sp³-hybridized carbons (Fsp3) is 0.478. The van der Waals surface area contributed by atoms with Crippen molar-refractivity contribution in [2.24, 2.45) is 5.92 Å². The number of rotatable bonds is 4. The van der Waals surface area contributed by atoms with Gasteiger partial charge < -0.3 is 4.74 Å². The molecule has 1 heterocycles. The normalized spacial score (nSPS) is 29.4. The highest BCUT2D eigenvalue weighted by atomic mass is 16.5. The lowest BCUT2D eigenvalue weighted by Crippen LogP contribution is -2.54. The van der Waals surface area contributed by atoms with Crippen LogP contribution >= 0.6 is 0 Å². The van der Waals surface area contributed by atoms with E-state index in [-0.39, 0.29) is 0 Å². The van der Waals surface area contributed by atoms with Crippen molar-refractivity contribution in [3.8, 4) is 5.75 Å². The molecule has 1 saturated heterocycles. The van der Waals surface area contributed by atoms with Crippen LogP contribution in [-0.2, 0) is 12.0 Å². The average Bonchev–Trinajstić information content (AvgIpc) is 2.67. The third-order valence-electron chi connectivity index (χ3n) is 6.59. The van der Waals surface area contributed by atoms with Crippen molar-refractivity contribution < 1.29 is 4.74 Å². The zero-order valence-electron chi connectivity index (χ0n) is 15.4. The number of fused-ring (bicyclic) bond motifs is 2. The molecule has 2 aromatic rings. The number of benzene rings is 2. The molecule has 1 aliphatic carbocycles. The van der Waals surface area contributed by atoms with Gasteiger partial charge in [-0.3, -0.25) is 4.90 Å². The maximum Gasteiger partial charge on any atom is 0.119 e. The monoisotopic (exact) mass is 335 g/mol. The summed E-state index contributed by atoms with van der Waals surface area (Å²) in [5, 5.41) is 0. The number of piperidine rings is 1. The van der Waals surface area contributed by atoms with Crippen molar-refractivity contribution in [1.82, 2.24) is 4.90 Å². The fourth-order valence-electron chi connectivity index (χ4n) is 5.01. The molecule has 0 unspecified atom stereocenters. The molecule has 132 valence electrons. The Bertz CT molecular complexity index is 713. The zero-order valence-corrected chi connectivity index (χ0v) is 15.4. The Morgan fingerprint density at radius 2 is 1.92 bits per heavy atom. The molecule has 1 saturated carbocycles. The van der Waals surface area contributed by atoms with Crippen molar-refractivity contribution in [3.05, 3.63) is 65.7 Å². The molecule has 3 atom stereocenters. The second-order valence-electron chi connectivity index (χ2n) is 8.01. The molecule has 2 aromatic carbocycles. The number of methoxy groups -OCH3 is 1. The predicted octanol–water partition coefficient (Wildman–Crippen LogP) is 5.03. The topological polar surface area (TPSA) is 12.5 Å². The summed E-state index contributed by atoms with van der Waals surface area (Å²) < 4.78 is 5.49. The van der Waals surface area contributed by atoms with E-state index in [9.17, 15) is 0 Å². The van der Waals surface area contributed by atoms with Crippen molar-refractivity contribution in [2.45, 2.75) is 50.6 Å². The van der Waals surface area contributed by atoms with Gasteiger partial charge in [0.15, 0.2) is 0 Å². The van der Waals surface area contributed by atoms with Gasteiger partial charge in [-0.2, -0.15) is 0 Å².